The van der Waals surface area contributed by atoms with Crippen LogP contribution in [0.15, 0.2) is 0 Å². The third-order valence-corrected chi connectivity index (χ3v) is 11.3. The normalized spacial score (nSPS) is 52.6. The number of aliphatic hydroxyl groups is 1. The standard InChI is InChI=1S/C27H40O6/c1-15(28)32-19-12-17-24(4)10-7-9-23(2,3)16(24)8-11-25(17,5)18-13-20-27(31,14-21(29)33-20)22(30)26(18,19)6/h16-20,31H,7-14H2,1-6H3/t16-,17+,18-,19-,20-,24-,25+,26+,27+/m0/s1. The molecule has 1 saturated heterocycles. The van der Waals surface area contributed by atoms with Crippen molar-refractivity contribution in [2.24, 2.45) is 39.4 Å². The second kappa shape index (κ2) is 6.83. The smallest absolute Gasteiger partial charge is 0.309 e. The zero-order valence-corrected chi connectivity index (χ0v) is 21.0. The number of carbonyl (C=O) groups is 3. The van der Waals surface area contributed by atoms with Gasteiger partial charge in [0.2, 0.25) is 0 Å². The minimum Gasteiger partial charge on any atom is -0.461 e. The molecule has 6 nitrogen and oxygen atoms in total. The van der Waals surface area contributed by atoms with E-state index in [2.05, 4.69) is 27.7 Å². The number of esters is 2. The van der Waals surface area contributed by atoms with Crippen molar-refractivity contribution in [1.82, 2.24) is 0 Å². The lowest BCUT2D eigenvalue weighted by atomic mass is 9.34. The van der Waals surface area contributed by atoms with Crippen molar-refractivity contribution in [2.45, 2.75) is 111 Å². The predicted molar refractivity (Wildman–Crippen MR) is 121 cm³/mol. The first-order chi connectivity index (χ1) is 15.2. The van der Waals surface area contributed by atoms with Gasteiger partial charge in [-0.05, 0) is 79.4 Å². The van der Waals surface area contributed by atoms with E-state index in [4.69, 9.17) is 9.47 Å². The summed E-state index contributed by atoms with van der Waals surface area (Å²) >= 11 is 0. The van der Waals surface area contributed by atoms with Crippen LogP contribution in [0.5, 0.6) is 0 Å². The highest BCUT2D eigenvalue weighted by Gasteiger charge is 2.75. The van der Waals surface area contributed by atoms with Gasteiger partial charge in [-0.2, -0.15) is 0 Å². The molecule has 1 N–H and O–H groups in total. The van der Waals surface area contributed by atoms with E-state index in [9.17, 15) is 19.5 Å². The van der Waals surface area contributed by atoms with E-state index in [1.54, 1.807) is 0 Å². The minimum atomic E-state index is -1.82. The molecule has 6 heteroatoms. The number of ketones is 1. The van der Waals surface area contributed by atoms with Gasteiger partial charge in [0.1, 0.15) is 12.2 Å². The molecule has 0 aromatic carbocycles. The molecule has 0 radical (unpaired) electrons. The Morgan fingerprint density at radius 2 is 1.64 bits per heavy atom. The Labute approximate surface area is 197 Å². The summed E-state index contributed by atoms with van der Waals surface area (Å²) < 4.78 is 11.4. The maximum Gasteiger partial charge on any atom is 0.309 e. The number of hydrogen-bond acceptors (Lipinski definition) is 6. The van der Waals surface area contributed by atoms with Gasteiger partial charge in [0.25, 0.3) is 0 Å². The molecule has 184 valence electrons. The maximum atomic E-state index is 14.0. The third-order valence-electron chi connectivity index (χ3n) is 11.3. The van der Waals surface area contributed by atoms with Crippen LogP contribution in [-0.2, 0) is 23.9 Å². The largest absolute Gasteiger partial charge is 0.461 e. The van der Waals surface area contributed by atoms with E-state index in [0.717, 1.165) is 19.3 Å². The van der Waals surface area contributed by atoms with Gasteiger partial charge in [0.05, 0.1) is 11.8 Å². The lowest BCUT2D eigenvalue weighted by molar-refractivity contribution is -0.250. The molecule has 0 aromatic rings. The molecule has 5 fully saturated rings. The van der Waals surface area contributed by atoms with Gasteiger partial charge >= 0.3 is 11.9 Å². The molecule has 4 saturated carbocycles. The summed E-state index contributed by atoms with van der Waals surface area (Å²) in [5, 5.41) is 11.4. The first kappa shape index (κ1) is 23.3. The summed E-state index contributed by atoms with van der Waals surface area (Å²) in [5.41, 5.74) is -2.66. The number of Topliss-reactive ketones (excluding diaryl/α,β-unsaturated/α-hetero) is 1. The number of ether oxygens (including phenoxy) is 2. The molecule has 1 heterocycles. The van der Waals surface area contributed by atoms with Gasteiger partial charge in [-0.25, -0.2) is 0 Å². The highest BCUT2D eigenvalue weighted by atomic mass is 16.6. The van der Waals surface area contributed by atoms with Crippen LogP contribution in [0.1, 0.15) is 92.9 Å². The summed E-state index contributed by atoms with van der Waals surface area (Å²) in [5.74, 6) is -0.537. The summed E-state index contributed by atoms with van der Waals surface area (Å²) in [4.78, 5) is 38.4. The van der Waals surface area contributed by atoms with E-state index in [-0.39, 0.29) is 34.4 Å². The summed E-state index contributed by atoms with van der Waals surface area (Å²) in [7, 11) is 0. The van der Waals surface area contributed by atoms with Gasteiger partial charge in [-0.15, -0.1) is 0 Å². The topological polar surface area (TPSA) is 89.9 Å². The first-order valence-corrected chi connectivity index (χ1v) is 12.8. The molecule has 0 unspecified atom stereocenters. The van der Waals surface area contributed by atoms with E-state index in [1.807, 2.05) is 6.92 Å². The average molecular weight is 461 g/mol. The number of rotatable bonds is 1. The highest BCUT2D eigenvalue weighted by molar-refractivity contribution is 5.99. The van der Waals surface area contributed by atoms with Crippen LogP contribution in [0.2, 0.25) is 0 Å². The van der Waals surface area contributed by atoms with Crippen LogP contribution < -0.4 is 0 Å². The fourth-order valence-corrected chi connectivity index (χ4v) is 9.98. The summed E-state index contributed by atoms with van der Waals surface area (Å²) in [6, 6.07) is 0. The van der Waals surface area contributed by atoms with Crippen LogP contribution in [0.4, 0.5) is 0 Å². The first-order valence-electron chi connectivity index (χ1n) is 12.8. The molecule has 33 heavy (non-hydrogen) atoms. The van der Waals surface area contributed by atoms with Crippen molar-refractivity contribution in [2.75, 3.05) is 0 Å². The van der Waals surface area contributed by atoms with Gasteiger partial charge in [-0.3, -0.25) is 14.4 Å². The highest BCUT2D eigenvalue weighted by Crippen LogP contribution is 2.73. The second-order valence-electron chi connectivity index (χ2n) is 13.3. The molecule has 0 amide bonds. The van der Waals surface area contributed by atoms with Crippen molar-refractivity contribution in [3.8, 4) is 0 Å². The quantitative estimate of drug-likeness (QED) is 0.590. The van der Waals surface area contributed by atoms with Gasteiger partial charge in [0.15, 0.2) is 11.4 Å². The zero-order chi connectivity index (χ0) is 24.2. The number of carbonyl (C=O) groups excluding carboxylic acids is 3. The predicted octanol–water partition coefficient (Wildman–Crippen LogP) is 4.21. The SMILES string of the molecule is CC(=O)O[C@H]1C[C@@H]2[C@@]3(C)CCCC(C)(C)[C@@H]3CC[C@@]2(C)[C@@H]2C[C@@H]3OC(=O)C[C@]3(O)C(=O)[C@@]12C. The van der Waals surface area contributed by atoms with Gasteiger partial charge < -0.3 is 14.6 Å². The fraction of sp³-hybridized carbons (Fsp3) is 0.889. The zero-order valence-electron chi connectivity index (χ0n) is 21.0. The second-order valence-corrected chi connectivity index (χ2v) is 13.3. The average Bonchev–Trinajstić information content (AvgIpc) is 2.99. The van der Waals surface area contributed by atoms with Gasteiger partial charge in [0, 0.05) is 6.92 Å². The van der Waals surface area contributed by atoms with Crippen LogP contribution in [0.25, 0.3) is 0 Å². The van der Waals surface area contributed by atoms with Crippen molar-refractivity contribution in [3.05, 3.63) is 0 Å². The van der Waals surface area contributed by atoms with E-state index in [0.29, 0.717) is 24.7 Å². The van der Waals surface area contributed by atoms with Crippen LogP contribution >= 0.6 is 0 Å². The minimum absolute atomic E-state index is 0.0949. The molecule has 0 aromatic heterocycles. The third kappa shape index (κ3) is 2.85. The Balaban J connectivity index is 1.64. The van der Waals surface area contributed by atoms with Crippen molar-refractivity contribution in [3.63, 3.8) is 0 Å². The Bertz CT molecular complexity index is 910. The van der Waals surface area contributed by atoms with Crippen LogP contribution in [0, 0.1) is 39.4 Å². The summed E-state index contributed by atoms with van der Waals surface area (Å²) in [6.07, 6.45) is 5.04. The molecule has 9 atom stereocenters. The maximum absolute atomic E-state index is 14.0. The number of hydrogen-bond donors (Lipinski definition) is 1. The van der Waals surface area contributed by atoms with Crippen molar-refractivity contribution in [1.29, 1.82) is 0 Å². The van der Waals surface area contributed by atoms with Crippen LogP contribution in [0.3, 0.4) is 0 Å². The van der Waals surface area contributed by atoms with E-state index < -0.39 is 35.2 Å². The lowest BCUT2D eigenvalue weighted by Gasteiger charge is -2.70. The molecule has 0 spiro atoms. The molecular weight excluding hydrogens is 420 g/mol. The van der Waals surface area contributed by atoms with Crippen molar-refractivity contribution >= 4 is 17.7 Å². The monoisotopic (exact) mass is 460 g/mol. The summed E-state index contributed by atoms with van der Waals surface area (Å²) in [6.45, 7) is 12.8. The molecule has 5 rings (SSSR count). The molecule has 1 aliphatic heterocycles. The van der Waals surface area contributed by atoms with Crippen molar-refractivity contribution < 1.29 is 29.0 Å². The molecular formula is C27H40O6. The molecule has 4 aliphatic carbocycles. The van der Waals surface area contributed by atoms with Crippen LogP contribution in [-0.4, -0.2) is 40.6 Å². The molecule has 0 bridgehead atoms. The van der Waals surface area contributed by atoms with Gasteiger partial charge in [-0.1, -0.05) is 34.1 Å². The Hall–Kier alpha value is -1.43. The van der Waals surface area contributed by atoms with E-state index in [1.165, 1.54) is 19.8 Å². The Morgan fingerprint density at radius 1 is 0.970 bits per heavy atom. The Morgan fingerprint density at radius 3 is 2.30 bits per heavy atom. The number of fused-ring (bicyclic) bond motifs is 6. The lowest BCUT2D eigenvalue weighted by Crippen LogP contribution is -2.72. The Kier molecular flexibility index (Phi) is 4.82. The van der Waals surface area contributed by atoms with E-state index >= 15 is 0 Å². The molecule has 5 aliphatic rings. The fourth-order valence-electron chi connectivity index (χ4n) is 9.98.